The molecule has 0 bridgehead atoms. The second kappa shape index (κ2) is 4.96. The first-order chi connectivity index (χ1) is 7.79. The lowest BCUT2D eigenvalue weighted by Crippen LogP contribution is -2.26. The van der Waals surface area contributed by atoms with Crippen molar-refractivity contribution >= 4 is 20.0 Å². The van der Waals surface area contributed by atoms with E-state index in [1.165, 1.54) is 24.3 Å². The van der Waals surface area contributed by atoms with E-state index in [4.69, 9.17) is 5.14 Å². The van der Waals surface area contributed by atoms with Crippen molar-refractivity contribution in [2.75, 3.05) is 6.54 Å². The molecule has 0 spiro atoms. The minimum atomic E-state index is -4.09. The molecular weight excluding hydrogens is 264 g/mol. The van der Waals surface area contributed by atoms with Crippen LogP contribution in [0.25, 0.3) is 0 Å². The van der Waals surface area contributed by atoms with Gasteiger partial charge in [0.1, 0.15) is 9.79 Å². The van der Waals surface area contributed by atoms with Crippen LogP contribution in [0.1, 0.15) is 0 Å². The van der Waals surface area contributed by atoms with Crippen LogP contribution in [0, 0.1) is 0 Å². The van der Waals surface area contributed by atoms with Gasteiger partial charge in [-0.25, -0.2) is 26.7 Å². The van der Waals surface area contributed by atoms with Gasteiger partial charge in [0.2, 0.25) is 20.0 Å². The number of nitrogens with one attached hydrogen (secondary N) is 1. The molecule has 3 N–H and O–H groups in total. The number of primary sulfonamides is 1. The van der Waals surface area contributed by atoms with Crippen molar-refractivity contribution in [2.45, 2.75) is 9.79 Å². The van der Waals surface area contributed by atoms with Crippen LogP contribution in [-0.4, -0.2) is 23.4 Å². The minimum Gasteiger partial charge on any atom is -0.225 e. The Labute approximate surface area is 100 Å². The summed E-state index contributed by atoms with van der Waals surface area (Å²) in [5.74, 6) is 0. The molecular formula is C9H12N2O4S2. The number of nitrogens with two attached hydrogens (primary N) is 1. The molecule has 0 atom stereocenters. The summed E-state index contributed by atoms with van der Waals surface area (Å²) in [6.45, 7) is 3.36. The molecule has 1 rings (SSSR count). The van der Waals surface area contributed by atoms with E-state index in [0.29, 0.717) is 0 Å². The number of hydrogen-bond acceptors (Lipinski definition) is 4. The number of rotatable bonds is 5. The summed E-state index contributed by atoms with van der Waals surface area (Å²) < 4.78 is 48.2. The zero-order valence-electron chi connectivity index (χ0n) is 8.83. The number of benzene rings is 1. The third-order valence-corrected chi connectivity index (χ3v) is 4.44. The first kappa shape index (κ1) is 13.8. The third kappa shape index (κ3) is 3.37. The summed E-state index contributed by atoms with van der Waals surface area (Å²) >= 11 is 0. The minimum absolute atomic E-state index is 0.00128. The molecule has 1 aromatic carbocycles. The Bertz CT molecular complexity index is 620. The van der Waals surface area contributed by atoms with Gasteiger partial charge in [-0.2, -0.15) is 0 Å². The summed E-state index contributed by atoms with van der Waals surface area (Å²) in [5.41, 5.74) is 0. The fraction of sp³-hybridized carbons (Fsp3) is 0.111. The van der Waals surface area contributed by atoms with E-state index in [9.17, 15) is 16.8 Å². The number of sulfonamides is 2. The molecule has 94 valence electrons. The fourth-order valence-corrected chi connectivity index (χ4v) is 3.53. The van der Waals surface area contributed by atoms with Crippen molar-refractivity contribution in [1.29, 1.82) is 0 Å². The highest BCUT2D eigenvalue weighted by molar-refractivity contribution is 7.92. The van der Waals surface area contributed by atoms with Crippen molar-refractivity contribution in [3.8, 4) is 0 Å². The second-order valence-corrected chi connectivity index (χ2v) is 6.40. The first-order valence-electron chi connectivity index (χ1n) is 4.51. The quantitative estimate of drug-likeness (QED) is 0.726. The van der Waals surface area contributed by atoms with Crippen LogP contribution in [0.2, 0.25) is 0 Å². The Morgan fingerprint density at radius 3 is 2.18 bits per heavy atom. The van der Waals surface area contributed by atoms with Crippen LogP contribution < -0.4 is 9.86 Å². The van der Waals surface area contributed by atoms with Crippen molar-refractivity contribution < 1.29 is 16.8 Å². The summed E-state index contributed by atoms with van der Waals surface area (Å²) in [6, 6.07) is 5.12. The number of hydrogen-bond donors (Lipinski definition) is 2. The van der Waals surface area contributed by atoms with Gasteiger partial charge in [-0.05, 0) is 12.1 Å². The molecule has 0 aliphatic carbocycles. The Kier molecular flexibility index (Phi) is 4.04. The van der Waals surface area contributed by atoms with Gasteiger partial charge in [-0.3, -0.25) is 0 Å². The highest BCUT2D eigenvalue weighted by atomic mass is 32.2. The summed E-state index contributed by atoms with van der Waals surface area (Å²) in [6.07, 6.45) is 1.34. The van der Waals surface area contributed by atoms with Crippen molar-refractivity contribution in [1.82, 2.24) is 4.72 Å². The Balaban J connectivity index is 3.38. The van der Waals surface area contributed by atoms with Crippen LogP contribution >= 0.6 is 0 Å². The zero-order valence-corrected chi connectivity index (χ0v) is 10.5. The van der Waals surface area contributed by atoms with E-state index < -0.39 is 24.9 Å². The van der Waals surface area contributed by atoms with Gasteiger partial charge in [0.15, 0.2) is 0 Å². The maximum atomic E-state index is 11.8. The smallest absolute Gasteiger partial charge is 0.225 e. The average Bonchev–Trinajstić information content (AvgIpc) is 2.25. The van der Waals surface area contributed by atoms with Crippen molar-refractivity contribution in [2.24, 2.45) is 5.14 Å². The molecule has 1 aromatic rings. The van der Waals surface area contributed by atoms with E-state index in [2.05, 4.69) is 11.3 Å². The maximum Gasteiger partial charge on any atom is 0.242 e. The molecule has 8 heteroatoms. The van der Waals surface area contributed by atoms with Crippen LogP contribution in [0.4, 0.5) is 0 Å². The van der Waals surface area contributed by atoms with Gasteiger partial charge in [0, 0.05) is 6.54 Å². The average molecular weight is 276 g/mol. The van der Waals surface area contributed by atoms with E-state index in [1.807, 2.05) is 0 Å². The highest BCUT2D eigenvalue weighted by Crippen LogP contribution is 2.18. The fourth-order valence-electron chi connectivity index (χ4n) is 1.15. The summed E-state index contributed by atoms with van der Waals surface area (Å²) in [5, 5.41) is 4.94. The Morgan fingerprint density at radius 1 is 1.18 bits per heavy atom. The molecule has 0 amide bonds. The standard InChI is InChI=1S/C9H12N2O4S2/c1-2-7-11-17(14,15)9-6-4-3-5-8(9)16(10,12)13/h2-6,11H,1,7H2,(H2,10,12,13). The van der Waals surface area contributed by atoms with E-state index in [1.54, 1.807) is 0 Å². The van der Waals surface area contributed by atoms with Gasteiger partial charge >= 0.3 is 0 Å². The van der Waals surface area contributed by atoms with E-state index >= 15 is 0 Å². The molecule has 0 unspecified atom stereocenters. The monoisotopic (exact) mass is 276 g/mol. The molecule has 0 aliphatic heterocycles. The molecule has 0 saturated heterocycles. The molecule has 0 saturated carbocycles. The molecule has 6 nitrogen and oxygen atoms in total. The summed E-state index contributed by atoms with van der Waals surface area (Å²) in [7, 11) is -8.00. The lowest BCUT2D eigenvalue weighted by molar-refractivity contribution is 0.576. The normalized spacial score (nSPS) is 12.3. The topological polar surface area (TPSA) is 106 Å². The van der Waals surface area contributed by atoms with Gasteiger partial charge in [-0.1, -0.05) is 18.2 Å². The molecule has 0 aliphatic rings. The van der Waals surface area contributed by atoms with Gasteiger partial charge in [0.05, 0.1) is 0 Å². The van der Waals surface area contributed by atoms with Crippen molar-refractivity contribution in [3.63, 3.8) is 0 Å². The van der Waals surface area contributed by atoms with Crippen LogP contribution in [0.3, 0.4) is 0 Å². The van der Waals surface area contributed by atoms with E-state index in [-0.39, 0.29) is 11.4 Å². The molecule has 0 heterocycles. The van der Waals surface area contributed by atoms with Crippen LogP contribution in [0.5, 0.6) is 0 Å². The second-order valence-electron chi connectivity index (χ2n) is 3.13. The Hall–Kier alpha value is -1.22. The van der Waals surface area contributed by atoms with Gasteiger partial charge in [-0.15, -0.1) is 6.58 Å². The Morgan fingerprint density at radius 2 is 1.71 bits per heavy atom. The van der Waals surface area contributed by atoms with Crippen LogP contribution in [-0.2, 0) is 20.0 Å². The molecule has 17 heavy (non-hydrogen) atoms. The van der Waals surface area contributed by atoms with Crippen LogP contribution in [0.15, 0.2) is 46.7 Å². The predicted molar refractivity (Wildman–Crippen MR) is 63.2 cm³/mol. The van der Waals surface area contributed by atoms with Gasteiger partial charge in [0.25, 0.3) is 0 Å². The molecule has 0 aromatic heterocycles. The molecule has 0 fully saturated rings. The lowest BCUT2D eigenvalue weighted by Gasteiger charge is -2.08. The molecule has 0 radical (unpaired) electrons. The third-order valence-electron chi connectivity index (χ3n) is 1.86. The van der Waals surface area contributed by atoms with Crippen molar-refractivity contribution in [3.05, 3.63) is 36.9 Å². The first-order valence-corrected chi connectivity index (χ1v) is 7.54. The highest BCUT2D eigenvalue weighted by Gasteiger charge is 2.22. The lowest BCUT2D eigenvalue weighted by atomic mass is 10.4. The predicted octanol–water partition coefficient (Wildman–Crippen LogP) is -0.202. The zero-order chi connectivity index (χ0) is 13.1. The largest absolute Gasteiger partial charge is 0.242 e. The summed E-state index contributed by atoms with van der Waals surface area (Å²) in [4.78, 5) is -0.805. The SMILES string of the molecule is C=CCNS(=O)(=O)c1ccccc1S(N)(=O)=O. The van der Waals surface area contributed by atoms with E-state index in [0.717, 1.165) is 6.07 Å². The maximum absolute atomic E-state index is 11.8. The van der Waals surface area contributed by atoms with Gasteiger partial charge < -0.3 is 0 Å².